The standard InChI is InChI=1S/C29H25ClN2O3S/c1-36-15-14-22(27(33)31-17-12-10-16(30)11-13-17)32-28(34)25-23-18-6-2-3-7-19(18)24(26(25)29(32)35)21-9-5-4-8-20(21)23/h2-13,22-26H,14-15H2,1H3,(H,31,33)/t22-,23?,24?,25-,26+/m1/s1. The Bertz CT molecular complexity index is 1260. The van der Waals surface area contributed by atoms with Gasteiger partial charge in [-0.15, -0.1) is 0 Å². The van der Waals surface area contributed by atoms with Gasteiger partial charge in [-0.25, -0.2) is 0 Å². The number of amides is 3. The van der Waals surface area contributed by atoms with Gasteiger partial charge in [0.25, 0.3) is 0 Å². The van der Waals surface area contributed by atoms with Crippen LogP contribution in [0.15, 0.2) is 72.8 Å². The number of hydrogen-bond acceptors (Lipinski definition) is 4. The summed E-state index contributed by atoms with van der Waals surface area (Å²) in [4.78, 5) is 42.9. The van der Waals surface area contributed by atoms with Crippen LogP contribution in [0.5, 0.6) is 0 Å². The van der Waals surface area contributed by atoms with Gasteiger partial charge >= 0.3 is 0 Å². The van der Waals surface area contributed by atoms with Gasteiger partial charge in [0, 0.05) is 22.5 Å². The molecule has 1 saturated heterocycles. The van der Waals surface area contributed by atoms with Gasteiger partial charge in [-0.1, -0.05) is 60.1 Å². The first-order valence-electron chi connectivity index (χ1n) is 12.1. The fraction of sp³-hybridized carbons (Fsp3) is 0.276. The number of carbonyl (C=O) groups is 3. The fourth-order valence-electron chi connectivity index (χ4n) is 6.37. The molecule has 1 N–H and O–H groups in total. The summed E-state index contributed by atoms with van der Waals surface area (Å²) >= 11 is 7.58. The van der Waals surface area contributed by atoms with Crippen molar-refractivity contribution >= 4 is 46.8 Å². The number of anilines is 1. The summed E-state index contributed by atoms with van der Waals surface area (Å²) in [7, 11) is 0. The molecule has 7 rings (SSSR count). The summed E-state index contributed by atoms with van der Waals surface area (Å²) in [6, 6.07) is 22.3. The first-order valence-corrected chi connectivity index (χ1v) is 13.9. The maximum Gasteiger partial charge on any atom is 0.247 e. The normalized spacial score (nSPS) is 24.2. The Morgan fingerprint density at radius 3 is 1.78 bits per heavy atom. The number of nitrogens with zero attached hydrogens (tertiary/aromatic N) is 1. The lowest BCUT2D eigenvalue weighted by Crippen LogP contribution is -2.48. The Hall–Kier alpha value is -3.09. The van der Waals surface area contributed by atoms with E-state index in [2.05, 4.69) is 29.6 Å². The highest BCUT2D eigenvalue weighted by atomic mass is 35.5. The molecule has 0 aromatic heterocycles. The van der Waals surface area contributed by atoms with Crippen molar-refractivity contribution in [2.75, 3.05) is 17.3 Å². The Balaban J connectivity index is 1.39. The lowest BCUT2D eigenvalue weighted by Gasteiger charge is -2.45. The molecule has 0 radical (unpaired) electrons. The van der Waals surface area contributed by atoms with Crippen LogP contribution in [0.1, 0.15) is 40.5 Å². The van der Waals surface area contributed by atoms with E-state index < -0.39 is 17.9 Å². The molecular weight excluding hydrogens is 492 g/mol. The summed E-state index contributed by atoms with van der Waals surface area (Å²) in [5.74, 6) is -1.53. The lowest BCUT2D eigenvalue weighted by atomic mass is 9.55. The predicted octanol–water partition coefficient (Wildman–Crippen LogP) is 5.29. The molecule has 3 aromatic rings. The van der Waals surface area contributed by atoms with Gasteiger partial charge in [0.15, 0.2) is 0 Å². The third-order valence-corrected chi connectivity index (χ3v) is 8.70. The number of likely N-dealkylation sites (tertiary alicyclic amines) is 1. The second-order valence-electron chi connectivity index (χ2n) is 9.60. The molecule has 3 atom stereocenters. The molecule has 0 spiro atoms. The Kier molecular flexibility index (Phi) is 5.89. The van der Waals surface area contributed by atoms with Crippen LogP contribution in [0.4, 0.5) is 5.69 Å². The van der Waals surface area contributed by atoms with E-state index >= 15 is 0 Å². The Morgan fingerprint density at radius 2 is 1.33 bits per heavy atom. The van der Waals surface area contributed by atoms with Crippen LogP contribution in [0.3, 0.4) is 0 Å². The summed E-state index contributed by atoms with van der Waals surface area (Å²) in [5.41, 5.74) is 5.07. The van der Waals surface area contributed by atoms with Crippen molar-refractivity contribution in [3.8, 4) is 0 Å². The van der Waals surface area contributed by atoms with Gasteiger partial charge in [0.1, 0.15) is 6.04 Å². The van der Waals surface area contributed by atoms with Crippen molar-refractivity contribution in [1.29, 1.82) is 0 Å². The van der Waals surface area contributed by atoms with E-state index in [1.54, 1.807) is 36.0 Å². The number of imide groups is 1. The van der Waals surface area contributed by atoms with Crippen LogP contribution >= 0.6 is 23.4 Å². The van der Waals surface area contributed by atoms with Crippen molar-refractivity contribution in [2.24, 2.45) is 11.8 Å². The van der Waals surface area contributed by atoms with E-state index in [0.717, 1.165) is 22.3 Å². The predicted molar refractivity (Wildman–Crippen MR) is 142 cm³/mol. The molecule has 1 aliphatic heterocycles. The van der Waals surface area contributed by atoms with Crippen LogP contribution in [0.2, 0.25) is 5.02 Å². The maximum absolute atomic E-state index is 14.1. The first-order chi connectivity index (χ1) is 17.5. The van der Waals surface area contributed by atoms with Crippen LogP contribution in [0.25, 0.3) is 0 Å². The minimum absolute atomic E-state index is 0.186. The molecule has 3 amide bonds. The number of nitrogens with one attached hydrogen (secondary N) is 1. The highest BCUT2D eigenvalue weighted by Gasteiger charge is 2.62. The largest absolute Gasteiger partial charge is 0.324 e. The monoisotopic (exact) mass is 516 g/mol. The molecule has 2 bridgehead atoms. The van der Waals surface area contributed by atoms with E-state index in [9.17, 15) is 14.4 Å². The SMILES string of the molecule is CSCC[C@H](C(=O)Nc1ccc(Cl)cc1)N1C(=O)[C@@H]2C3c4ccccc4C(c4ccccc43)[C@@H]2C1=O. The number of hydrogen-bond donors (Lipinski definition) is 1. The van der Waals surface area contributed by atoms with Crippen molar-refractivity contribution in [3.63, 3.8) is 0 Å². The van der Waals surface area contributed by atoms with Crippen molar-refractivity contribution in [2.45, 2.75) is 24.3 Å². The average Bonchev–Trinajstić information content (AvgIpc) is 3.16. The van der Waals surface area contributed by atoms with Crippen LogP contribution in [0, 0.1) is 11.8 Å². The van der Waals surface area contributed by atoms with Crippen molar-refractivity contribution < 1.29 is 14.4 Å². The second kappa shape index (κ2) is 9.09. The van der Waals surface area contributed by atoms with Gasteiger partial charge in [-0.05, 0) is 64.9 Å². The number of carbonyl (C=O) groups excluding carboxylic acids is 3. The van der Waals surface area contributed by atoms with Crippen molar-refractivity contribution in [1.82, 2.24) is 4.90 Å². The van der Waals surface area contributed by atoms with Crippen LogP contribution < -0.4 is 5.32 Å². The molecule has 4 aliphatic rings. The molecule has 3 aromatic carbocycles. The quantitative estimate of drug-likeness (QED) is 0.452. The van der Waals surface area contributed by atoms with Crippen LogP contribution in [-0.4, -0.2) is 40.7 Å². The van der Waals surface area contributed by atoms with Crippen LogP contribution in [-0.2, 0) is 14.4 Å². The third-order valence-electron chi connectivity index (χ3n) is 7.80. The minimum atomic E-state index is -0.871. The highest BCUT2D eigenvalue weighted by Crippen LogP contribution is 2.61. The summed E-state index contributed by atoms with van der Waals surface area (Å²) in [6.45, 7) is 0. The highest BCUT2D eigenvalue weighted by molar-refractivity contribution is 7.98. The zero-order chi connectivity index (χ0) is 25.0. The van der Waals surface area contributed by atoms with Gasteiger partial charge in [0.05, 0.1) is 11.8 Å². The lowest BCUT2D eigenvalue weighted by molar-refractivity contribution is -0.146. The zero-order valence-electron chi connectivity index (χ0n) is 19.7. The smallest absolute Gasteiger partial charge is 0.247 e. The minimum Gasteiger partial charge on any atom is -0.324 e. The molecule has 1 fully saturated rings. The molecule has 1 heterocycles. The molecular formula is C29H25ClN2O3S. The summed E-state index contributed by atoms with van der Waals surface area (Å²) in [6.07, 6.45) is 2.35. The summed E-state index contributed by atoms with van der Waals surface area (Å²) in [5, 5.41) is 3.46. The topological polar surface area (TPSA) is 66.5 Å². The summed E-state index contributed by atoms with van der Waals surface area (Å²) < 4.78 is 0. The number of benzene rings is 3. The van der Waals surface area contributed by atoms with Gasteiger partial charge < -0.3 is 5.32 Å². The first kappa shape index (κ1) is 23.3. The van der Waals surface area contributed by atoms with Gasteiger partial charge in [-0.2, -0.15) is 11.8 Å². The van der Waals surface area contributed by atoms with E-state index in [4.69, 9.17) is 11.6 Å². The molecule has 0 saturated carbocycles. The molecule has 36 heavy (non-hydrogen) atoms. The van der Waals surface area contributed by atoms with Crippen molar-refractivity contribution in [3.05, 3.63) is 100 Å². The Labute approximate surface area is 219 Å². The van der Waals surface area contributed by atoms with E-state index in [1.165, 1.54) is 4.90 Å². The second-order valence-corrected chi connectivity index (χ2v) is 11.0. The van der Waals surface area contributed by atoms with E-state index in [1.807, 2.05) is 30.5 Å². The zero-order valence-corrected chi connectivity index (χ0v) is 21.3. The average molecular weight is 517 g/mol. The molecule has 7 heteroatoms. The Morgan fingerprint density at radius 1 is 0.861 bits per heavy atom. The molecule has 5 nitrogen and oxygen atoms in total. The van der Waals surface area contributed by atoms with Gasteiger partial charge in [-0.3, -0.25) is 19.3 Å². The maximum atomic E-state index is 14.1. The van der Waals surface area contributed by atoms with Gasteiger partial charge in [0.2, 0.25) is 17.7 Å². The molecule has 0 unspecified atom stereocenters. The van der Waals surface area contributed by atoms with E-state index in [-0.39, 0.29) is 29.6 Å². The fourth-order valence-corrected chi connectivity index (χ4v) is 6.96. The number of thioether (sulfide) groups is 1. The molecule has 182 valence electrons. The number of halogens is 1. The number of rotatable bonds is 6. The molecule has 3 aliphatic carbocycles. The van der Waals surface area contributed by atoms with E-state index in [0.29, 0.717) is 22.9 Å². The third kappa shape index (κ3) is 3.50.